The van der Waals surface area contributed by atoms with Crippen molar-refractivity contribution < 1.29 is 4.42 Å². The summed E-state index contributed by atoms with van der Waals surface area (Å²) < 4.78 is 6.31. The van der Waals surface area contributed by atoms with Crippen molar-refractivity contribution in [2.24, 2.45) is 0 Å². The van der Waals surface area contributed by atoms with Crippen LogP contribution in [-0.4, -0.2) is 0 Å². The van der Waals surface area contributed by atoms with Crippen LogP contribution in [0.15, 0.2) is 186 Å². The van der Waals surface area contributed by atoms with Gasteiger partial charge in [-0.1, -0.05) is 159 Å². The Morgan fingerprint density at radius 1 is 0.321 bits per heavy atom. The lowest BCUT2D eigenvalue weighted by Gasteiger charge is -2.21. The average molecular weight is 713 g/mol. The second kappa shape index (κ2) is 11.5. The van der Waals surface area contributed by atoms with E-state index in [0.29, 0.717) is 0 Å². The number of hydrogen-bond donors (Lipinski definition) is 0. The van der Waals surface area contributed by atoms with Crippen LogP contribution < -0.4 is 0 Å². The first kappa shape index (κ1) is 31.4. The molecule has 0 spiro atoms. The maximum Gasteiger partial charge on any atom is 0.136 e. The monoisotopic (exact) mass is 712 g/mol. The lowest BCUT2D eigenvalue weighted by atomic mass is 9.81. The Bertz CT molecular complexity index is 3390. The first-order valence-electron chi connectivity index (χ1n) is 19.6. The van der Waals surface area contributed by atoms with Gasteiger partial charge in [0.25, 0.3) is 0 Å². The zero-order valence-corrected chi connectivity index (χ0v) is 31.2. The molecule has 0 saturated heterocycles. The molecule has 0 saturated carbocycles. The molecule has 0 radical (unpaired) electrons. The predicted octanol–water partition coefficient (Wildman–Crippen LogP) is 15.5. The van der Waals surface area contributed by atoms with Crippen LogP contribution in [0.1, 0.15) is 25.0 Å². The van der Waals surface area contributed by atoms with E-state index in [0.717, 1.165) is 16.6 Å². The molecule has 1 heterocycles. The molecule has 11 aromatic rings. The van der Waals surface area contributed by atoms with Crippen LogP contribution in [0.5, 0.6) is 0 Å². The number of hydrogen-bond acceptors (Lipinski definition) is 1. The minimum Gasteiger partial charge on any atom is -0.456 e. The summed E-state index contributed by atoms with van der Waals surface area (Å²) in [5.74, 6) is 0. The molecule has 1 aliphatic carbocycles. The van der Waals surface area contributed by atoms with E-state index in [-0.39, 0.29) is 5.41 Å². The van der Waals surface area contributed by atoms with E-state index in [1.807, 2.05) is 6.07 Å². The number of fused-ring (bicyclic) bond motifs is 11. The molecular weight excluding hydrogens is 677 g/mol. The highest BCUT2D eigenvalue weighted by atomic mass is 16.3. The molecule has 12 rings (SSSR count). The molecule has 1 aliphatic rings. The van der Waals surface area contributed by atoms with Crippen molar-refractivity contribution in [2.75, 3.05) is 0 Å². The van der Waals surface area contributed by atoms with Crippen LogP contribution in [0.2, 0.25) is 0 Å². The van der Waals surface area contributed by atoms with E-state index in [1.54, 1.807) is 0 Å². The summed E-state index contributed by atoms with van der Waals surface area (Å²) in [6.07, 6.45) is 0. The number of benzene rings is 10. The number of para-hydroxylation sites is 1. The van der Waals surface area contributed by atoms with E-state index in [9.17, 15) is 0 Å². The lowest BCUT2D eigenvalue weighted by Crippen LogP contribution is -2.14. The Kier molecular flexibility index (Phi) is 6.46. The van der Waals surface area contributed by atoms with Crippen LogP contribution in [0.25, 0.3) is 110 Å². The van der Waals surface area contributed by atoms with Crippen molar-refractivity contribution in [2.45, 2.75) is 19.3 Å². The minimum atomic E-state index is -0.114. The normalized spacial score (nSPS) is 13.3. The van der Waals surface area contributed by atoms with Crippen LogP contribution in [0, 0.1) is 0 Å². The molecule has 0 amide bonds. The maximum absolute atomic E-state index is 6.31. The molecule has 262 valence electrons. The van der Waals surface area contributed by atoms with Crippen LogP contribution >= 0.6 is 0 Å². The number of furan rings is 1. The molecule has 0 N–H and O–H groups in total. The predicted molar refractivity (Wildman–Crippen MR) is 238 cm³/mol. The van der Waals surface area contributed by atoms with Crippen molar-refractivity contribution in [1.82, 2.24) is 0 Å². The SMILES string of the molecule is CC1(C)c2ccc(-c3cccc(-c4c5ccccc5c(-c5ccc6ccccc6c5)c5ccccc45)c3)cc2-c2c1ccc1cc3oc4ccccc4c3cc21. The van der Waals surface area contributed by atoms with Gasteiger partial charge in [0, 0.05) is 16.2 Å². The summed E-state index contributed by atoms with van der Waals surface area (Å²) in [5.41, 5.74) is 14.6. The van der Waals surface area contributed by atoms with Crippen molar-refractivity contribution in [3.8, 4) is 44.5 Å². The second-order valence-corrected chi connectivity index (χ2v) is 16.0. The van der Waals surface area contributed by atoms with Crippen LogP contribution in [0.4, 0.5) is 0 Å². The molecular formula is C55H36O. The van der Waals surface area contributed by atoms with E-state index in [1.165, 1.54) is 104 Å². The molecule has 1 nitrogen and oxygen atoms in total. The van der Waals surface area contributed by atoms with E-state index in [4.69, 9.17) is 4.42 Å². The summed E-state index contributed by atoms with van der Waals surface area (Å²) in [7, 11) is 0. The fraction of sp³-hybridized carbons (Fsp3) is 0.0545. The van der Waals surface area contributed by atoms with Crippen LogP contribution in [0.3, 0.4) is 0 Å². The smallest absolute Gasteiger partial charge is 0.136 e. The Labute approximate surface area is 325 Å². The largest absolute Gasteiger partial charge is 0.456 e. The summed E-state index contributed by atoms with van der Waals surface area (Å²) >= 11 is 0. The van der Waals surface area contributed by atoms with Gasteiger partial charge in [0.05, 0.1) is 0 Å². The molecule has 0 atom stereocenters. The van der Waals surface area contributed by atoms with Gasteiger partial charge in [0.1, 0.15) is 11.2 Å². The van der Waals surface area contributed by atoms with Gasteiger partial charge in [0.15, 0.2) is 0 Å². The molecule has 0 fully saturated rings. The third kappa shape index (κ3) is 4.43. The standard InChI is InChI=1S/C55H36O/c1-55(2)48-26-24-36(30-47(48)54-45-32-46-40-16-9-10-21-50(40)56-51(46)31-37(45)25-27-49(54)55)35-14-11-15-38(29-35)52-41-17-5-7-19-43(41)53(44-20-8-6-18-42(44)52)39-23-22-33-12-3-4-13-34(33)28-39/h3-32H,1-2H3. The maximum atomic E-state index is 6.31. The van der Waals surface area contributed by atoms with Crippen molar-refractivity contribution in [1.29, 1.82) is 0 Å². The Morgan fingerprint density at radius 2 is 0.893 bits per heavy atom. The van der Waals surface area contributed by atoms with Gasteiger partial charge >= 0.3 is 0 Å². The van der Waals surface area contributed by atoms with E-state index >= 15 is 0 Å². The fourth-order valence-electron chi connectivity index (χ4n) is 9.92. The van der Waals surface area contributed by atoms with Gasteiger partial charge in [-0.05, 0) is 135 Å². The molecule has 0 unspecified atom stereocenters. The Hall–Kier alpha value is -6.96. The Balaban J connectivity index is 1.05. The number of rotatable bonds is 3. The zero-order valence-electron chi connectivity index (χ0n) is 31.2. The highest BCUT2D eigenvalue weighted by molar-refractivity contribution is 6.22. The van der Waals surface area contributed by atoms with Crippen molar-refractivity contribution in [3.63, 3.8) is 0 Å². The van der Waals surface area contributed by atoms with Gasteiger partial charge in [-0.25, -0.2) is 0 Å². The van der Waals surface area contributed by atoms with E-state index in [2.05, 4.69) is 190 Å². The first-order valence-corrected chi connectivity index (χ1v) is 19.6. The van der Waals surface area contributed by atoms with Gasteiger partial charge in [0.2, 0.25) is 0 Å². The fourth-order valence-corrected chi connectivity index (χ4v) is 9.92. The third-order valence-corrected chi connectivity index (χ3v) is 12.6. The molecule has 10 aromatic carbocycles. The zero-order chi connectivity index (χ0) is 37.1. The summed E-state index contributed by atoms with van der Waals surface area (Å²) in [6.45, 7) is 4.74. The highest BCUT2D eigenvalue weighted by Gasteiger charge is 2.36. The highest BCUT2D eigenvalue weighted by Crippen LogP contribution is 2.53. The average Bonchev–Trinajstić information content (AvgIpc) is 3.72. The molecule has 1 heteroatoms. The summed E-state index contributed by atoms with van der Waals surface area (Å²) in [6, 6.07) is 67.3. The Morgan fingerprint density at radius 3 is 1.64 bits per heavy atom. The van der Waals surface area contributed by atoms with E-state index < -0.39 is 0 Å². The third-order valence-electron chi connectivity index (χ3n) is 12.6. The lowest BCUT2D eigenvalue weighted by molar-refractivity contribution is 0.661. The minimum absolute atomic E-state index is 0.114. The van der Waals surface area contributed by atoms with Crippen molar-refractivity contribution >= 4 is 65.0 Å². The van der Waals surface area contributed by atoms with Gasteiger partial charge in [-0.3, -0.25) is 0 Å². The summed E-state index contributed by atoms with van der Waals surface area (Å²) in [4.78, 5) is 0. The quantitative estimate of drug-likeness (QED) is 0.166. The molecule has 1 aromatic heterocycles. The first-order chi connectivity index (χ1) is 27.5. The van der Waals surface area contributed by atoms with Crippen molar-refractivity contribution in [3.05, 3.63) is 193 Å². The second-order valence-electron chi connectivity index (χ2n) is 16.0. The van der Waals surface area contributed by atoms with Gasteiger partial charge in [-0.15, -0.1) is 0 Å². The van der Waals surface area contributed by atoms with Gasteiger partial charge < -0.3 is 4.42 Å². The molecule has 0 aliphatic heterocycles. The summed E-state index contributed by atoms with van der Waals surface area (Å²) in [5, 5.41) is 12.4. The van der Waals surface area contributed by atoms with Crippen LogP contribution in [-0.2, 0) is 5.41 Å². The topological polar surface area (TPSA) is 13.1 Å². The molecule has 0 bridgehead atoms. The molecule has 56 heavy (non-hydrogen) atoms. The van der Waals surface area contributed by atoms with Gasteiger partial charge in [-0.2, -0.15) is 0 Å².